The summed E-state index contributed by atoms with van der Waals surface area (Å²) in [7, 11) is 0. The highest BCUT2D eigenvalue weighted by atomic mass is 16.5. The average molecular weight is 354 g/mol. The zero-order valence-corrected chi connectivity index (χ0v) is 14.9. The summed E-state index contributed by atoms with van der Waals surface area (Å²) in [4.78, 5) is 12.2. The number of aliphatic hydroxyl groups excluding tert-OH is 1. The second kappa shape index (κ2) is 9.36. The summed E-state index contributed by atoms with van der Waals surface area (Å²) in [6, 6.07) is 17.2. The van der Waals surface area contributed by atoms with Crippen LogP contribution in [-0.4, -0.2) is 30.1 Å². The van der Waals surface area contributed by atoms with Gasteiger partial charge in [0.15, 0.2) is 0 Å². The molecule has 2 atom stereocenters. The van der Waals surface area contributed by atoms with Gasteiger partial charge in [-0.3, -0.25) is 4.79 Å². The van der Waals surface area contributed by atoms with Gasteiger partial charge in [-0.1, -0.05) is 48.9 Å². The van der Waals surface area contributed by atoms with Crippen molar-refractivity contribution in [3.8, 4) is 5.75 Å². The Hall–Kier alpha value is -2.37. The van der Waals surface area contributed by atoms with Gasteiger partial charge in [0.1, 0.15) is 12.4 Å². The molecule has 2 aromatic rings. The number of ether oxygens (including phenoxy) is 1. The van der Waals surface area contributed by atoms with E-state index in [1.165, 1.54) is 0 Å². The number of piperidine rings is 1. The fourth-order valence-corrected chi connectivity index (χ4v) is 3.07. The summed E-state index contributed by atoms with van der Waals surface area (Å²) in [5, 5.41) is 16.4. The van der Waals surface area contributed by atoms with Crippen LogP contribution in [0.25, 0.3) is 0 Å². The lowest BCUT2D eigenvalue weighted by Gasteiger charge is -2.23. The third-order valence-corrected chi connectivity index (χ3v) is 4.59. The molecule has 0 saturated carbocycles. The molecule has 1 saturated heterocycles. The molecule has 1 amide bonds. The Morgan fingerprint density at radius 3 is 2.81 bits per heavy atom. The molecule has 1 heterocycles. The molecule has 3 N–H and O–H groups in total. The third-order valence-electron chi connectivity index (χ3n) is 4.59. The van der Waals surface area contributed by atoms with Gasteiger partial charge in [0.05, 0.1) is 12.1 Å². The molecule has 5 nitrogen and oxygen atoms in total. The monoisotopic (exact) mass is 354 g/mol. The van der Waals surface area contributed by atoms with E-state index in [0.717, 1.165) is 36.9 Å². The maximum atomic E-state index is 12.2. The summed E-state index contributed by atoms with van der Waals surface area (Å²) in [6.45, 7) is 1.55. The highest BCUT2D eigenvalue weighted by molar-refractivity contribution is 5.81. The first-order chi connectivity index (χ1) is 12.7. The molecule has 2 aromatic carbocycles. The number of carbonyl (C=O) groups excluding carboxylic acids is 1. The van der Waals surface area contributed by atoms with E-state index >= 15 is 0 Å². The third kappa shape index (κ3) is 5.31. The second-order valence-electron chi connectivity index (χ2n) is 6.61. The molecule has 0 spiro atoms. The molecule has 1 aliphatic rings. The van der Waals surface area contributed by atoms with Crippen molar-refractivity contribution in [1.82, 2.24) is 10.6 Å². The van der Waals surface area contributed by atoms with Crippen molar-refractivity contribution in [3.63, 3.8) is 0 Å². The smallest absolute Gasteiger partial charge is 0.237 e. The van der Waals surface area contributed by atoms with E-state index in [0.29, 0.717) is 12.4 Å². The van der Waals surface area contributed by atoms with Crippen LogP contribution in [0.2, 0.25) is 0 Å². The van der Waals surface area contributed by atoms with Crippen LogP contribution in [0.3, 0.4) is 0 Å². The van der Waals surface area contributed by atoms with Gasteiger partial charge in [-0.2, -0.15) is 0 Å². The van der Waals surface area contributed by atoms with Gasteiger partial charge in [0.25, 0.3) is 0 Å². The Morgan fingerprint density at radius 2 is 2.04 bits per heavy atom. The van der Waals surface area contributed by atoms with Crippen LogP contribution in [0.1, 0.15) is 36.5 Å². The van der Waals surface area contributed by atoms with Crippen LogP contribution in [0, 0.1) is 0 Å². The summed E-state index contributed by atoms with van der Waals surface area (Å²) in [5.41, 5.74) is 1.82. The molecule has 1 aliphatic heterocycles. The van der Waals surface area contributed by atoms with E-state index in [1.54, 1.807) is 0 Å². The van der Waals surface area contributed by atoms with Crippen LogP contribution < -0.4 is 15.4 Å². The molecule has 0 aromatic heterocycles. The highest BCUT2D eigenvalue weighted by Crippen LogP contribution is 2.20. The SMILES string of the molecule is O=C(NCC(O)c1cccc(OCc2ccccc2)c1)C1CCCCN1. The predicted octanol–water partition coefficient (Wildman–Crippen LogP) is 2.56. The summed E-state index contributed by atoms with van der Waals surface area (Å²) in [5.74, 6) is 0.658. The standard InChI is InChI=1S/C21H26N2O3/c24-20(14-23-21(25)19-11-4-5-12-22-19)17-9-6-10-18(13-17)26-15-16-7-2-1-3-8-16/h1-3,6-10,13,19-20,22,24H,4-5,11-12,14-15H2,(H,23,25). The largest absolute Gasteiger partial charge is 0.489 e. The Balaban J connectivity index is 1.50. The maximum Gasteiger partial charge on any atom is 0.237 e. The molecule has 5 heteroatoms. The number of nitrogens with one attached hydrogen (secondary N) is 2. The normalized spacial score (nSPS) is 18.1. The first-order valence-electron chi connectivity index (χ1n) is 9.18. The fourth-order valence-electron chi connectivity index (χ4n) is 3.07. The van der Waals surface area contributed by atoms with Crippen LogP contribution in [0.4, 0.5) is 0 Å². The van der Waals surface area contributed by atoms with Crippen molar-refractivity contribution in [2.75, 3.05) is 13.1 Å². The van der Waals surface area contributed by atoms with Crippen molar-refractivity contribution in [3.05, 3.63) is 65.7 Å². The fraction of sp³-hybridized carbons (Fsp3) is 0.381. The Kier molecular flexibility index (Phi) is 6.63. The van der Waals surface area contributed by atoms with Crippen molar-refractivity contribution in [1.29, 1.82) is 0 Å². The molecule has 3 rings (SSSR count). The summed E-state index contributed by atoms with van der Waals surface area (Å²) in [6.07, 6.45) is 2.27. The molecule has 0 radical (unpaired) electrons. The number of carbonyl (C=O) groups is 1. The van der Waals surface area contributed by atoms with Crippen LogP contribution in [-0.2, 0) is 11.4 Å². The average Bonchev–Trinajstić information content (AvgIpc) is 2.72. The van der Waals surface area contributed by atoms with Crippen molar-refractivity contribution >= 4 is 5.91 Å². The number of hydrogen-bond acceptors (Lipinski definition) is 4. The van der Waals surface area contributed by atoms with Crippen molar-refractivity contribution < 1.29 is 14.6 Å². The van der Waals surface area contributed by atoms with Gasteiger partial charge in [-0.05, 0) is 42.6 Å². The van der Waals surface area contributed by atoms with Gasteiger partial charge < -0.3 is 20.5 Å². The van der Waals surface area contributed by atoms with Crippen LogP contribution >= 0.6 is 0 Å². The molecular formula is C21H26N2O3. The van der Waals surface area contributed by atoms with E-state index in [1.807, 2.05) is 54.6 Å². The number of benzene rings is 2. The molecular weight excluding hydrogens is 328 g/mol. The Labute approximate surface area is 154 Å². The lowest BCUT2D eigenvalue weighted by Crippen LogP contribution is -2.47. The molecule has 1 fully saturated rings. The molecule has 138 valence electrons. The number of rotatable bonds is 7. The lowest BCUT2D eigenvalue weighted by atomic mass is 10.0. The highest BCUT2D eigenvalue weighted by Gasteiger charge is 2.21. The minimum absolute atomic E-state index is 0.0415. The minimum Gasteiger partial charge on any atom is -0.489 e. The van der Waals surface area contributed by atoms with Crippen LogP contribution in [0.5, 0.6) is 5.75 Å². The van der Waals surface area contributed by atoms with E-state index in [4.69, 9.17) is 4.74 Å². The zero-order chi connectivity index (χ0) is 18.2. The predicted molar refractivity (Wildman–Crippen MR) is 101 cm³/mol. The minimum atomic E-state index is -0.761. The van der Waals surface area contributed by atoms with Gasteiger partial charge in [0.2, 0.25) is 5.91 Å². The molecule has 0 aliphatic carbocycles. The lowest BCUT2D eigenvalue weighted by molar-refractivity contribution is -0.124. The Morgan fingerprint density at radius 1 is 1.19 bits per heavy atom. The van der Waals surface area contributed by atoms with Gasteiger partial charge in [-0.25, -0.2) is 0 Å². The Bertz CT molecular complexity index is 699. The van der Waals surface area contributed by atoms with Gasteiger partial charge in [0, 0.05) is 6.54 Å². The number of hydrogen-bond donors (Lipinski definition) is 3. The summed E-state index contributed by atoms with van der Waals surface area (Å²) >= 11 is 0. The first kappa shape index (κ1) is 18.4. The molecule has 2 unspecified atom stereocenters. The van der Waals surface area contributed by atoms with Crippen molar-refractivity contribution in [2.24, 2.45) is 0 Å². The first-order valence-corrected chi connectivity index (χ1v) is 9.18. The van der Waals surface area contributed by atoms with Crippen LogP contribution in [0.15, 0.2) is 54.6 Å². The molecule has 26 heavy (non-hydrogen) atoms. The van der Waals surface area contributed by atoms with E-state index < -0.39 is 6.10 Å². The number of aliphatic hydroxyl groups is 1. The second-order valence-corrected chi connectivity index (χ2v) is 6.61. The maximum absolute atomic E-state index is 12.2. The molecule has 0 bridgehead atoms. The van der Waals surface area contributed by atoms with Gasteiger partial charge in [-0.15, -0.1) is 0 Å². The van der Waals surface area contributed by atoms with E-state index in [2.05, 4.69) is 10.6 Å². The van der Waals surface area contributed by atoms with Crippen molar-refractivity contribution in [2.45, 2.75) is 38.0 Å². The topological polar surface area (TPSA) is 70.6 Å². The zero-order valence-electron chi connectivity index (χ0n) is 14.9. The number of amides is 1. The van der Waals surface area contributed by atoms with Gasteiger partial charge >= 0.3 is 0 Å². The van der Waals surface area contributed by atoms with E-state index in [9.17, 15) is 9.90 Å². The quantitative estimate of drug-likeness (QED) is 0.715. The summed E-state index contributed by atoms with van der Waals surface area (Å²) < 4.78 is 5.80. The van der Waals surface area contributed by atoms with E-state index in [-0.39, 0.29) is 18.5 Å².